The third-order valence-corrected chi connectivity index (χ3v) is 6.03. The molecule has 2 fully saturated rings. The third-order valence-electron chi connectivity index (χ3n) is 4.54. The average molecular weight is 326 g/mol. The van der Waals surface area contributed by atoms with Gasteiger partial charge in [-0.2, -0.15) is 0 Å². The maximum absolute atomic E-state index is 12.2. The first kappa shape index (κ1) is 15.4. The zero-order valence-corrected chi connectivity index (χ0v) is 13.1. The minimum absolute atomic E-state index is 0.0156. The predicted octanol–water partition coefficient (Wildman–Crippen LogP) is -0.238. The van der Waals surface area contributed by atoms with Crippen LogP contribution in [-0.4, -0.2) is 56.8 Å². The molecule has 3 heterocycles. The van der Waals surface area contributed by atoms with Gasteiger partial charge in [-0.3, -0.25) is 9.59 Å². The Kier molecular flexibility index (Phi) is 3.68. The second kappa shape index (κ2) is 5.27. The highest BCUT2D eigenvalue weighted by atomic mass is 32.2. The van der Waals surface area contributed by atoms with Gasteiger partial charge >= 0.3 is 5.97 Å². The Bertz CT molecular complexity index is 588. The largest absolute Gasteiger partial charge is 0.477 e. The predicted molar refractivity (Wildman–Crippen MR) is 78.6 cm³/mol. The van der Waals surface area contributed by atoms with Gasteiger partial charge in [0.1, 0.15) is 5.70 Å². The van der Waals surface area contributed by atoms with Crippen LogP contribution in [0.2, 0.25) is 0 Å². The van der Waals surface area contributed by atoms with Crippen molar-refractivity contribution < 1.29 is 24.6 Å². The molecule has 3 N–H and O–H groups in total. The van der Waals surface area contributed by atoms with Gasteiger partial charge in [0.2, 0.25) is 11.8 Å². The zero-order valence-electron chi connectivity index (χ0n) is 12.3. The zero-order chi connectivity index (χ0) is 16.2. The minimum atomic E-state index is -1.13. The van der Waals surface area contributed by atoms with E-state index in [2.05, 4.69) is 5.32 Å². The molecule has 3 rings (SSSR count). The van der Waals surface area contributed by atoms with E-state index in [9.17, 15) is 24.6 Å². The number of carboxylic acids is 1. The number of amides is 2. The Morgan fingerprint density at radius 1 is 1.45 bits per heavy atom. The Morgan fingerprint density at radius 3 is 2.64 bits per heavy atom. The first-order valence-electron chi connectivity index (χ1n) is 7.25. The van der Waals surface area contributed by atoms with Crippen LogP contribution in [0.1, 0.15) is 20.3 Å². The van der Waals surface area contributed by atoms with Crippen LogP contribution in [0.5, 0.6) is 0 Å². The number of carboxylic acid groups (broad SMARTS) is 1. The van der Waals surface area contributed by atoms with E-state index in [0.717, 1.165) is 0 Å². The number of carbonyl (C=O) groups is 3. The number of carbonyl (C=O) groups excluding carboxylic acids is 2. The van der Waals surface area contributed by atoms with Crippen LogP contribution in [0.25, 0.3) is 0 Å². The summed E-state index contributed by atoms with van der Waals surface area (Å²) >= 11 is 1.37. The topological polar surface area (TPSA) is 107 Å². The van der Waals surface area contributed by atoms with Gasteiger partial charge in [-0.05, 0) is 6.92 Å². The maximum atomic E-state index is 12.2. The van der Waals surface area contributed by atoms with Gasteiger partial charge in [-0.25, -0.2) is 4.79 Å². The fourth-order valence-electron chi connectivity index (χ4n) is 3.52. The van der Waals surface area contributed by atoms with Crippen molar-refractivity contribution >= 4 is 29.5 Å². The highest BCUT2D eigenvalue weighted by Gasteiger charge is 2.60. The summed E-state index contributed by atoms with van der Waals surface area (Å²) in [6, 6.07) is -0.300. The van der Waals surface area contributed by atoms with Crippen molar-refractivity contribution in [1.82, 2.24) is 10.2 Å². The molecule has 0 aromatic heterocycles. The van der Waals surface area contributed by atoms with Crippen LogP contribution in [0.4, 0.5) is 0 Å². The lowest BCUT2D eigenvalue weighted by molar-refractivity contribution is -0.163. The summed E-state index contributed by atoms with van der Waals surface area (Å²) in [7, 11) is 0. The summed E-state index contributed by atoms with van der Waals surface area (Å²) in [6.45, 7) is 3.94. The molecule has 0 saturated carbocycles. The van der Waals surface area contributed by atoms with E-state index < -0.39 is 18.0 Å². The lowest BCUT2D eigenvalue weighted by Gasteiger charge is -2.46. The van der Waals surface area contributed by atoms with Crippen LogP contribution in [0.15, 0.2) is 10.6 Å². The van der Waals surface area contributed by atoms with E-state index in [4.69, 9.17) is 0 Å². The van der Waals surface area contributed by atoms with E-state index >= 15 is 0 Å². The van der Waals surface area contributed by atoms with Crippen molar-refractivity contribution in [2.45, 2.75) is 37.7 Å². The number of hydrogen-bond acceptors (Lipinski definition) is 5. The first-order chi connectivity index (χ1) is 10.3. The lowest BCUT2D eigenvalue weighted by atomic mass is 9.79. The molecule has 7 nitrogen and oxygen atoms in total. The summed E-state index contributed by atoms with van der Waals surface area (Å²) in [5.74, 6) is -2.20. The molecular weight excluding hydrogens is 308 g/mol. The van der Waals surface area contributed by atoms with Crippen LogP contribution in [-0.2, 0) is 14.4 Å². The Labute approximate surface area is 131 Å². The standard InChI is InChI=1S/C14H18N2O5S/c1-5-10-9(6(2)17)13(19)16(10)11(14(20)21)12(5)22-7-3-8(18)15-4-7/h5-7,9-10,17H,3-4H2,1-2H3,(H,15,18)(H,20,21)/t5?,6-,7?,9?,10-/m1/s1. The van der Waals surface area contributed by atoms with Gasteiger partial charge in [0.25, 0.3) is 0 Å². The second-order valence-electron chi connectivity index (χ2n) is 6.02. The minimum Gasteiger partial charge on any atom is -0.477 e. The smallest absolute Gasteiger partial charge is 0.353 e. The molecule has 22 heavy (non-hydrogen) atoms. The number of fused-ring (bicyclic) bond motifs is 1. The Balaban J connectivity index is 1.88. The van der Waals surface area contributed by atoms with Gasteiger partial charge in [0.15, 0.2) is 0 Å². The number of nitrogens with one attached hydrogen (secondary N) is 1. The lowest BCUT2D eigenvalue weighted by Crippen LogP contribution is -2.63. The van der Waals surface area contributed by atoms with E-state index in [1.165, 1.54) is 16.7 Å². The Morgan fingerprint density at radius 2 is 2.14 bits per heavy atom. The summed E-state index contributed by atoms with van der Waals surface area (Å²) in [4.78, 5) is 37.0. The molecular formula is C14H18N2O5S. The number of aliphatic hydroxyl groups is 1. The van der Waals surface area contributed by atoms with Crippen molar-refractivity contribution in [3.05, 3.63) is 10.6 Å². The highest BCUT2D eigenvalue weighted by Crippen LogP contribution is 2.51. The summed E-state index contributed by atoms with van der Waals surface area (Å²) < 4.78 is 0. The molecule has 2 amide bonds. The normalized spacial score (nSPS) is 35.3. The van der Waals surface area contributed by atoms with Crippen LogP contribution in [0, 0.1) is 11.8 Å². The van der Waals surface area contributed by atoms with Gasteiger partial charge < -0.3 is 20.4 Å². The fraction of sp³-hybridized carbons (Fsp3) is 0.643. The van der Waals surface area contributed by atoms with E-state index in [0.29, 0.717) is 17.9 Å². The van der Waals surface area contributed by atoms with Gasteiger partial charge in [-0.15, -0.1) is 11.8 Å². The van der Waals surface area contributed by atoms with Gasteiger partial charge in [0.05, 0.1) is 18.1 Å². The maximum Gasteiger partial charge on any atom is 0.353 e. The van der Waals surface area contributed by atoms with Crippen molar-refractivity contribution in [2.24, 2.45) is 11.8 Å². The molecule has 3 unspecified atom stereocenters. The number of nitrogens with zero attached hydrogens (tertiary/aromatic N) is 1. The highest BCUT2D eigenvalue weighted by molar-refractivity contribution is 8.03. The van der Waals surface area contributed by atoms with Crippen molar-refractivity contribution in [3.8, 4) is 0 Å². The van der Waals surface area contributed by atoms with Crippen LogP contribution >= 0.6 is 11.8 Å². The molecule has 0 aromatic rings. The SMILES string of the molecule is CC1C(SC2CNC(=O)C2)=C(C(=O)O)N2C(=O)C([C@@H](C)O)[C@@H]12. The molecule has 5 atom stereocenters. The second-order valence-corrected chi connectivity index (χ2v) is 7.36. The fourth-order valence-corrected chi connectivity index (χ4v) is 4.93. The molecule has 3 aliphatic heterocycles. The number of aliphatic carboxylic acids is 1. The molecule has 0 radical (unpaired) electrons. The van der Waals surface area contributed by atoms with Crippen LogP contribution in [0.3, 0.4) is 0 Å². The number of aliphatic hydroxyl groups excluding tert-OH is 1. The quantitative estimate of drug-likeness (QED) is 0.616. The van der Waals surface area contributed by atoms with E-state index in [1.54, 1.807) is 6.92 Å². The summed E-state index contributed by atoms with van der Waals surface area (Å²) in [6.07, 6.45) is -0.447. The summed E-state index contributed by atoms with van der Waals surface area (Å²) in [5.41, 5.74) is 0.0174. The first-order valence-corrected chi connectivity index (χ1v) is 8.12. The molecule has 2 saturated heterocycles. The van der Waals surface area contributed by atoms with Gasteiger partial charge in [0, 0.05) is 29.0 Å². The molecule has 8 heteroatoms. The third kappa shape index (κ3) is 2.13. The Hall–Kier alpha value is -1.54. The molecule has 3 aliphatic rings. The van der Waals surface area contributed by atoms with E-state index in [-0.39, 0.29) is 34.7 Å². The van der Waals surface area contributed by atoms with Crippen molar-refractivity contribution in [3.63, 3.8) is 0 Å². The summed E-state index contributed by atoms with van der Waals surface area (Å²) in [5, 5.41) is 22.0. The van der Waals surface area contributed by atoms with Crippen molar-refractivity contribution in [1.29, 1.82) is 0 Å². The molecule has 0 bridgehead atoms. The monoisotopic (exact) mass is 326 g/mol. The van der Waals surface area contributed by atoms with Gasteiger partial charge in [-0.1, -0.05) is 6.92 Å². The number of hydrogen-bond donors (Lipinski definition) is 3. The molecule has 120 valence electrons. The number of rotatable bonds is 4. The molecule has 0 spiro atoms. The molecule has 0 aromatic carbocycles. The number of thioether (sulfide) groups is 1. The van der Waals surface area contributed by atoms with E-state index in [1.807, 2.05) is 6.92 Å². The number of β-lactam (4-membered cyclic amide) rings is 1. The van der Waals surface area contributed by atoms with Crippen molar-refractivity contribution in [2.75, 3.05) is 6.54 Å². The average Bonchev–Trinajstić information content (AvgIpc) is 2.92. The van der Waals surface area contributed by atoms with Crippen LogP contribution < -0.4 is 5.32 Å². The molecule has 0 aliphatic carbocycles.